The van der Waals surface area contributed by atoms with Gasteiger partial charge in [0.2, 0.25) is 5.95 Å². The number of nitrogens with two attached hydrogens (primary N) is 1. The molecule has 0 amide bonds. The molecule has 3 aromatic rings. The lowest BCUT2D eigenvalue weighted by Crippen LogP contribution is -2.24. The Hall–Kier alpha value is -2.77. The van der Waals surface area contributed by atoms with E-state index in [1.165, 1.54) is 37.1 Å². The van der Waals surface area contributed by atoms with E-state index in [1.54, 1.807) is 6.20 Å². The van der Waals surface area contributed by atoms with Gasteiger partial charge in [-0.25, -0.2) is 4.98 Å². The summed E-state index contributed by atoms with van der Waals surface area (Å²) in [5, 5.41) is 14.0. The molecule has 1 aliphatic rings. The number of anilines is 2. The van der Waals surface area contributed by atoms with Crippen molar-refractivity contribution in [3.63, 3.8) is 0 Å². The maximum atomic E-state index is 9.76. The summed E-state index contributed by atoms with van der Waals surface area (Å²) >= 11 is 0. The van der Waals surface area contributed by atoms with Crippen LogP contribution in [0.3, 0.4) is 0 Å². The number of likely N-dealkylation sites (tertiary alicyclic amines) is 1. The highest BCUT2D eigenvalue weighted by Gasteiger charge is 2.14. The van der Waals surface area contributed by atoms with Gasteiger partial charge in [-0.2, -0.15) is 4.98 Å². The fourth-order valence-corrected chi connectivity index (χ4v) is 4.32. The Labute approximate surface area is 190 Å². The molecule has 1 unspecified atom stereocenters. The van der Waals surface area contributed by atoms with E-state index >= 15 is 0 Å². The summed E-state index contributed by atoms with van der Waals surface area (Å²) in [6.45, 7) is 5.64. The highest BCUT2D eigenvalue weighted by Crippen LogP contribution is 2.24. The van der Waals surface area contributed by atoms with Crippen molar-refractivity contribution in [2.45, 2.75) is 58.0 Å². The molecule has 1 atom stereocenters. The molecule has 0 bridgehead atoms. The lowest BCUT2D eigenvalue weighted by Gasteiger charge is -2.18. The topological polar surface area (TPSA) is 100 Å². The van der Waals surface area contributed by atoms with Crippen molar-refractivity contribution in [3.8, 4) is 0 Å². The number of fused-ring (bicyclic) bond motifs is 1. The SMILES string of the molecule is CCCCC(CO)Nc1nc(N)nc2cnc(Cc3ccc(CN4CCCC4)cc3)cc12. The van der Waals surface area contributed by atoms with Crippen LogP contribution in [0, 0.1) is 0 Å². The van der Waals surface area contributed by atoms with Gasteiger partial charge < -0.3 is 16.2 Å². The van der Waals surface area contributed by atoms with Gasteiger partial charge in [-0.3, -0.25) is 9.88 Å². The molecular weight excluding hydrogens is 400 g/mol. The van der Waals surface area contributed by atoms with Crippen molar-refractivity contribution in [1.29, 1.82) is 0 Å². The number of aliphatic hydroxyl groups excluding tert-OH is 1. The summed E-state index contributed by atoms with van der Waals surface area (Å²) in [4.78, 5) is 15.9. The Balaban J connectivity index is 1.51. The summed E-state index contributed by atoms with van der Waals surface area (Å²) in [5.74, 6) is 0.864. The van der Waals surface area contributed by atoms with E-state index in [1.807, 2.05) is 6.07 Å². The van der Waals surface area contributed by atoms with Gasteiger partial charge in [-0.1, -0.05) is 44.0 Å². The number of nitrogens with one attached hydrogen (secondary N) is 1. The van der Waals surface area contributed by atoms with Crippen LogP contribution in [-0.2, 0) is 13.0 Å². The number of aliphatic hydroxyl groups is 1. The Bertz CT molecular complexity index is 1020. The van der Waals surface area contributed by atoms with E-state index in [4.69, 9.17) is 5.73 Å². The second-order valence-corrected chi connectivity index (χ2v) is 8.77. The third-order valence-electron chi connectivity index (χ3n) is 6.14. The van der Waals surface area contributed by atoms with Crippen molar-refractivity contribution in [1.82, 2.24) is 19.9 Å². The molecule has 1 saturated heterocycles. The first-order valence-corrected chi connectivity index (χ1v) is 11.7. The lowest BCUT2D eigenvalue weighted by molar-refractivity contribution is 0.267. The molecule has 1 aromatic carbocycles. The van der Waals surface area contributed by atoms with Gasteiger partial charge in [0, 0.05) is 24.0 Å². The van der Waals surface area contributed by atoms with Crippen LogP contribution < -0.4 is 11.1 Å². The van der Waals surface area contributed by atoms with Gasteiger partial charge in [-0.05, 0) is 49.5 Å². The van der Waals surface area contributed by atoms with Crippen LogP contribution in [0.5, 0.6) is 0 Å². The molecule has 0 saturated carbocycles. The molecule has 7 heteroatoms. The van der Waals surface area contributed by atoms with E-state index in [-0.39, 0.29) is 18.6 Å². The smallest absolute Gasteiger partial charge is 0.222 e. The minimum atomic E-state index is -0.0628. The van der Waals surface area contributed by atoms with Crippen LogP contribution >= 0.6 is 0 Å². The van der Waals surface area contributed by atoms with Gasteiger partial charge in [0.15, 0.2) is 0 Å². The second-order valence-electron chi connectivity index (χ2n) is 8.77. The van der Waals surface area contributed by atoms with Crippen molar-refractivity contribution in [3.05, 3.63) is 53.3 Å². The van der Waals surface area contributed by atoms with Crippen LogP contribution in [0.4, 0.5) is 11.8 Å². The van der Waals surface area contributed by atoms with Crippen LogP contribution in [-0.4, -0.2) is 50.7 Å². The van der Waals surface area contributed by atoms with E-state index < -0.39 is 0 Å². The third kappa shape index (κ3) is 5.72. The molecular formula is C25H34N6O. The minimum absolute atomic E-state index is 0.0487. The average molecular weight is 435 g/mol. The molecule has 2 aromatic heterocycles. The zero-order chi connectivity index (χ0) is 22.3. The molecule has 1 aliphatic heterocycles. The Morgan fingerprint density at radius 3 is 2.59 bits per heavy atom. The number of nitrogen functional groups attached to an aromatic ring is 1. The van der Waals surface area contributed by atoms with Crippen LogP contribution in [0.1, 0.15) is 55.8 Å². The number of benzene rings is 1. The molecule has 0 radical (unpaired) electrons. The monoisotopic (exact) mass is 434 g/mol. The number of hydrogen-bond acceptors (Lipinski definition) is 7. The fourth-order valence-electron chi connectivity index (χ4n) is 4.32. The van der Waals surface area contributed by atoms with E-state index in [9.17, 15) is 5.11 Å². The van der Waals surface area contributed by atoms with Gasteiger partial charge in [0.05, 0.1) is 24.4 Å². The van der Waals surface area contributed by atoms with Crippen molar-refractivity contribution in [2.75, 3.05) is 30.7 Å². The van der Waals surface area contributed by atoms with Gasteiger partial charge in [0.25, 0.3) is 0 Å². The largest absolute Gasteiger partial charge is 0.394 e. The number of rotatable bonds is 10. The summed E-state index contributed by atoms with van der Waals surface area (Å²) in [7, 11) is 0. The van der Waals surface area contributed by atoms with Crippen molar-refractivity contribution < 1.29 is 5.11 Å². The summed E-state index contributed by atoms with van der Waals surface area (Å²) in [5.41, 5.74) is 10.2. The van der Waals surface area contributed by atoms with Gasteiger partial charge in [-0.15, -0.1) is 0 Å². The van der Waals surface area contributed by atoms with Crippen LogP contribution in [0.2, 0.25) is 0 Å². The number of hydrogen-bond donors (Lipinski definition) is 3. The molecule has 4 rings (SSSR count). The predicted octanol–water partition coefficient (Wildman–Crippen LogP) is 3.76. The maximum Gasteiger partial charge on any atom is 0.222 e. The Morgan fingerprint density at radius 1 is 1.12 bits per heavy atom. The standard InChI is InChI=1S/C25H34N6O/c1-2-3-6-20(17-32)28-24-22-14-21(27-15-23(22)29-25(26)30-24)13-18-7-9-19(10-8-18)16-31-11-4-5-12-31/h7-10,14-15,20,32H,2-6,11-13,16-17H2,1H3,(H3,26,28,29,30). The van der Waals surface area contributed by atoms with Gasteiger partial charge in [0.1, 0.15) is 5.82 Å². The molecule has 0 spiro atoms. The molecule has 0 aliphatic carbocycles. The van der Waals surface area contributed by atoms with E-state index in [0.717, 1.165) is 43.3 Å². The fraction of sp³-hybridized carbons (Fsp3) is 0.480. The molecule has 170 valence electrons. The van der Waals surface area contributed by atoms with Crippen molar-refractivity contribution >= 4 is 22.7 Å². The zero-order valence-electron chi connectivity index (χ0n) is 18.9. The maximum absolute atomic E-state index is 9.76. The quantitative estimate of drug-likeness (QED) is 0.447. The van der Waals surface area contributed by atoms with Crippen molar-refractivity contribution in [2.24, 2.45) is 0 Å². The zero-order valence-corrected chi connectivity index (χ0v) is 18.9. The van der Waals surface area contributed by atoms with E-state index in [2.05, 4.69) is 56.4 Å². The third-order valence-corrected chi connectivity index (χ3v) is 6.14. The Morgan fingerprint density at radius 2 is 1.88 bits per heavy atom. The summed E-state index contributed by atoms with van der Waals surface area (Å²) in [6.07, 6.45) is 8.12. The molecule has 3 heterocycles. The van der Waals surface area contributed by atoms with E-state index in [0.29, 0.717) is 11.3 Å². The lowest BCUT2D eigenvalue weighted by atomic mass is 10.1. The van der Waals surface area contributed by atoms with Gasteiger partial charge >= 0.3 is 0 Å². The number of nitrogens with zero attached hydrogens (tertiary/aromatic N) is 4. The number of pyridine rings is 1. The summed E-state index contributed by atoms with van der Waals surface area (Å²) < 4.78 is 0. The number of unbranched alkanes of at least 4 members (excludes halogenated alkanes) is 1. The first-order valence-electron chi connectivity index (χ1n) is 11.7. The number of aromatic nitrogens is 3. The molecule has 4 N–H and O–H groups in total. The highest BCUT2D eigenvalue weighted by atomic mass is 16.3. The first-order chi connectivity index (χ1) is 15.6. The minimum Gasteiger partial charge on any atom is -0.394 e. The van der Waals surface area contributed by atoms with Crippen LogP contribution in [0.15, 0.2) is 36.5 Å². The molecule has 7 nitrogen and oxygen atoms in total. The molecule has 1 fully saturated rings. The normalized spacial score (nSPS) is 15.3. The summed E-state index contributed by atoms with van der Waals surface area (Å²) in [6, 6.07) is 10.8. The average Bonchev–Trinajstić information content (AvgIpc) is 3.31. The Kier molecular flexibility index (Phi) is 7.50. The second kappa shape index (κ2) is 10.7. The first kappa shape index (κ1) is 22.4. The predicted molar refractivity (Wildman–Crippen MR) is 130 cm³/mol. The van der Waals surface area contributed by atoms with Crippen LogP contribution in [0.25, 0.3) is 10.9 Å². The highest BCUT2D eigenvalue weighted by molar-refractivity contribution is 5.89. The molecule has 32 heavy (non-hydrogen) atoms.